The predicted octanol–water partition coefficient (Wildman–Crippen LogP) is 1.30. The number of fused-ring (bicyclic) bond motifs is 2. The maximum Gasteiger partial charge on any atom is 0.280 e. The molecule has 0 amide bonds. The normalized spacial score (nSPS) is 16.4. The molecule has 0 saturated carbocycles. The summed E-state index contributed by atoms with van der Waals surface area (Å²) in [6.07, 6.45) is 1.83. The summed E-state index contributed by atoms with van der Waals surface area (Å²) in [5.41, 5.74) is 6.66. The van der Waals surface area contributed by atoms with Crippen LogP contribution in [0.15, 0.2) is 29.3 Å². The lowest BCUT2D eigenvalue weighted by molar-refractivity contribution is 0.148. The molecule has 0 saturated heterocycles. The molecule has 0 fully saturated rings. The van der Waals surface area contributed by atoms with E-state index in [-0.39, 0.29) is 22.8 Å². The molecule has 0 spiro atoms. The number of aromatic amines is 1. The van der Waals surface area contributed by atoms with E-state index in [2.05, 4.69) is 15.0 Å². The van der Waals surface area contributed by atoms with E-state index in [0.29, 0.717) is 37.5 Å². The number of anilines is 1. The molecule has 1 aliphatic rings. The summed E-state index contributed by atoms with van der Waals surface area (Å²) in [7, 11) is -1.20. The minimum absolute atomic E-state index is 0.0438. The molecule has 0 aliphatic carbocycles. The Labute approximate surface area is 148 Å². The first kappa shape index (κ1) is 16.8. The number of phenols is 1. The summed E-state index contributed by atoms with van der Waals surface area (Å²) in [5.74, 6) is 0.921. The minimum Gasteiger partial charge on any atom is -0.508 e. The van der Waals surface area contributed by atoms with Gasteiger partial charge in [0.05, 0.1) is 19.5 Å². The average Bonchev–Trinajstić information content (AvgIpc) is 3.02. The molecule has 26 heavy (non-hydrogen) atoms. The fraction of sp³-hybridized carbons (Fsp3) is 0.267. The number of imidazole rings is 1. The van der Waals surface area contributed by atoms with E-state index >= 15 is 0 Å². The average molecular weight is 377 g/mol. The highest BCUT2D eigenvalue weighted by molar-refractivity contribution is 7.47. The first-order valence-electron chi connectivity index (χ1n) is 7.79. The molecular formula is C15H16N5O5P. The number of rotatable bonds is 5. The van der Waals surface area contributed by atoms with E-state index in [4.69, 9.17) is 19.5 Å². The van der Waals surface area contributed by atoms with E-state index in [1.54, 1.807) is 22.8 Å². The summed E-state index contributed by atoms with van der Waals surface area (Å²) >= 11 is 0. The number of hydrogen-bond donors (Lipinski definition) is 3. The lowest BCUT2D eigenvalue weighted by Crippen LogP contribution is -2.13. The van der Waals surface area contributed by atoms with Crippen LogP contribution in [0.2, 0.25) is 0 Å². The van der Waals surface area contributed by atoms with Crippen molar-refractivity contribution in [2.75, 3.05) is 18.7 Å². The van der Waals surface area contributed by atoms with Gasteiger partial charge in [0.1, 0.15) is 17.8 Å². The zero-order valence-corrected chi connectivity index (χ0v) is 14.5. The van der Waals surface area contributed by atoms with Crippen LogP contribution in [0.3, 0.4) is 0 Å². The molecule has 1 unspecified atom stereocenters. The van der Waals surface area contributed by atoms with Crippen molar-refractivity contribution in [3.8, 4) is 11.5 Å². The first-order valence-corrected chi connectivity index (χ1v) is 9.15. The highest BCUT2D eigenvalue weighted by Gasteiger charge is 2.22. The lowest BCUT2D eigenvalue weighted by Gasteiger charge is -2.24. The van der Waals surface area contributed by atoms with Gasteiger partial charge in [-0.3, -0.25) is 9.78 Å². The number of hydrogen-bond acceptors (Lipinski definition) is 8. The van der Waals surface area contributed by atoms with Crippen molar-refractivity contribution < 1.29 is 18.9 Å². The highest BCUT2D eigenvalue weighted by Crippen LogP contribution is 2.46. The zero-order chi connectivity index (χ0) is 18.1. The summed E-state index contributed by atoms with van der Waals surface area (Å²) < 4.78 is 18.7. The van der Waals surface area contributed by atoms with Crippen molar-refractivity contribution in [2.24, 2.45) is 0 Å². The molecule has 4 N–H and O–H groups in total. The van der Waals surface area contributed by atoms with Gasteiger partial charge in [0.25, 0.3) is 13.9 Å². The van der Waals surface area contributed by atoms with Crippen LogP contribution in [0.25, 0.3) is 11.2 Å². The Kier molecular flexibility index (Phi) is 4.46. The number of ether oxygens (including phenoxy) is 1. The third-order valence-electron chi connectivity index (χ3n) is 3.77. The molecule has 3 heterocycles. The number of nitrogens with two attached hydrogens (primary N) is 1. The van der Waals surface area contributed by atoms with E-state index < -0.39 is 8.38 Å². The van der Waals surface area contributed by atoms with Crippen molar-refractivity contribution in [2.45, 2.75) is 13.2 Å². The SMILES string of the molecule is Nc1nc2c(ncn2CCOCP2OCc3cc(O)ccc3O2)c(=O)[nH]1. The van der Waals surface area contributed by atoms with Gasteiger partial charge < -0.3 is 29.2 Å². The van der Waals surface area contributed by atoms with Crippen molar-refractivity contribution in [1.82, 2.24) is 19.5 Å². The highest BCUT2D eigenvalue weighted by atomic mass is 31.2. The molecule has 1 aliphatic heterocycles. The number of H-pyrrole nitrogens is 1. The topological polar surface area (TPSA) is 138 Å². The zero-order valence-electron chi connectivity index (χ0n) is 13.6. The number of nitrogens with one attached hydrogen (secondary N) is 1. The molecule has 3 aromatic rings. The molecule has 1 atom stereocenters. The summed E-state index contributed by atoms with van der Waals surface area (Å²) in [4.78, 5) is 22.3. The quantitative estimate of drug-likeness (QED) is 0.447. The summed E-state index contributed by atoms with van der Waals surface area (Å²) in [6, 6.07) is 4.91. The fourth-order valence-corrected chi connectivity index (χ4v) is 3.68. The van der Waals surface area contributed by atoms with Gasteiger partial charge in [-0.2, -0.15) is 4.98 Å². The van der Waals surface area contributed by atoms with Gasteiger partial charge in [-0.1, -0.05) is 0 Å². The molecule has 1 aromatic carbocycles. The standard InChI is InChI=1S/C15H16N5O5P/c16-15-18-13-12(14(22)19-15)17-7-20(13)3-4-23-8-26-24-6-9-5-10(21)1-2-11(9)25-26/h1-2,5,7,21H,3-4,6,8H2,(H3,16,18,19,22). The maximum absolute atomic E-state index is 11.7. The van der Waals surface area contributed by atoms with E-state index in [9.17, 15) is 9.90 Å². The summed E-state index contributed by atoms with van der Waals surface area (Å²) in [5, 5.41) is 9.46. The van der Waals surface area contributed by atoms with E-state index in [1.165, 1.54) is 6.33 Å². The molecule has 4 rings (SSSR count). The largest absolute Gasteiger partial charge is 0.508 e. The number of nitrogens with zero attached hydrogens (tertiary/aromatic N) is 3. The Balaban J connectivity index is 1.32. The van der Waals surface area contributed by atoms with Crippen LogP contribution in [-0.4, -0.2) is 37.6 Å². The van der Waals surface area contributed by atoms with Crippen LogP contribution in [0.4, 0.5) is 5.95 Å². The first-order chi connectivity index (χ1) is 12.6. The van der Waals surface area contributed by atoms with Crippen LogP contribution < -0.4 is 15.8 Å². The van der Waals surface area contributed by atoms with E-state index in [0.717, 1.165) is 5.56 Å². The fourth-order valence-electron chi connectivity index (χ4n) is 2.55. The molecule has 2 aromatic heterocycles. The lowest BCUT2D eigenvalue weighted by atomic mass is 10.2. The smallest absolute Gasteiger partial charge is 0.280 e. The van der Waals surface area contributed by atoms with Gasteiger partial charge in [0.2, 0.25) is 5.95 Å². The molecule has 0 bridgehead atoms. The van der Waals surface area contributed by atoms with Gasteiger partial charge in [-0.25, -0.2) is 4.98 Å². The van der Waals surface area contributed by atoms with Crippen LogP contribution in [0, 0.1) is 0 Å². The minimum atomic E-state index is -1.20. The van der Waals surface area contributed by atoms with Gasteiger partial charge in [0.15, 0.2) is 11.2 Å². The second kappa shape index (κ2) is 6.91. The molecular weight excluding hydrogens is 361 g/mol. The van der Waals surface area contributed by atoms with Crippen LogP contribution in [0.5, 0.6) is 11.5 Å². The Morgan fingerprint density at radius 3 is 3.23 bits per heavy atom. The Morgan fingerprint density at radius 2 is 2.35 bits per heavy atom. The van der Waals surface area contributed by atoms with Gasteiger partial charge in [-0.15, -0.1) is 0 Å². The van der Waals surface area contributed by atoms with Crippen molar-refractivity contribution in [3.63, 3.8) is 0 Å². The van der Waals surface area contributed by atoms with Gasteiger partial charge in [-0.05, 0) is 18.2 Å². The molecule has 0 radical (unpaired) electrons. The second-order valence-corrected chi connectivity index (χ2v) is 6.95. The third-order valence-corrected chi connectivity index (χ3v) is 4.99. The van der Waals surface area contributed by atoms with Crippen molar-refractivity contribution in [1.29, 1.82) is 0 Å². The van der Waals surface area contributed by atoms with Crippen LogP contribution in [-0.2, 0) is 22.4 Å². The number of nitrogen functional groups attached to an aromatic ring is 1. The number of benzene rings is 1. The van der Waals surface area contributed by atoms with Crippen LogP contribution >= 0.6 is 8.38 Å². The van der Waals surface area contributed by atoms with Gasteiger partial charge in [0, 0.05) is 12.1 Å². The second-order valence-electron chi connectivity index (χ2n) is 5.59. The van der Waals surface area contributed by atoms with Gasteiger partial charge >= 0.3 is 0 Å². The molecule has 136 valence electrons. The molecule has 10 nitrogen and oxygen atoms in total. The predicted molar refractivity (Wildman–Crippen MR) is 93.8 cm³/mol. The van der Waals surface area contributed by atoms with E-state index in [1.807, 2.05) is 0 Å². The Bertz CT molecular complexity index is 1000. The monoisotopic (exact) mass is 377 g/mol. The van der Waals surface area contributed by atoms with Crippen LogP contribution in [0.1, 0.15) is 5.56 Å². The third kappa shape index (κ3) is 3.34. The number of aromatic nitrogens is 4. The maximum atomic E-state index is 11.7. The number of phenolic OH excluding ortho intramolecular Hbond substituents is 1. The van der Waals surface area contributed by atoms with Crippen molar-refractivity contribution >= 4 is 25.5 Å². The number of aromatic hydroxyl groups is 1. The summed E-state index contributed by atoms with van der Waals surface area (Å²) in [6.45, 7) is 1.20. The Morgan fingerprint density at radius 1 is 1.46 bits per heavy atom. The Hall–Kier alpha value is -2.68. The van der Waals surface area contributed by atoms with Crippen molar-refractivity contribution in [3.05, 3.63) is 40.4 Å². The molecule has 11 heteroatoms.